The summed E-state index contributed by atoms with van der Waals surface area (Å²) in [7, 11) is -2.50. The van der Waals surface area contributed by atoms with Gasteiger partial charge in [0.15, 0.2) is 11.6 Å². The molecule has 0 saturated heterocycles. The Balaban J connectivity index is 1.65. The van der Waals surface area contributed by atoms with E-state index in [-0.39, 0.29) is 24.4 Å². The van der Waals surface area contributed by atoms with Crippen molar-refractivity contribution in [1.82, 2.24) is 4.98 Å². The lowest BCUT2D eigenvalue weighted by atomic mass is 9.96. The average molecular weight is 519 g/mol. The number of fused-ring (bicyclic) bond motifs is 1. The average Bonchev–Trinajstić information content (AvgIpc) is 3.25. The molecule has 1 N–H and O–H groups in total. The number of benzene rings is 2. The molecule has 0 radical (unpaired) electrons. The Kier molecular flexibility index (Phi) is 7.30. The summed E-state index contributed by atoms with van der Waals surface area (Å²) in [6.45, 7) is 0.205. The molecule has 1 aliphatic rings. The zero-order valence-corrected chi connectivity index (χ0v) is 20.2. The molecule has 1 aromatic heterocycles. The second-order valence-corrected chi connectivity index (χ2v) is 10.2. The van der Waals surface area contributed by atoms with E-state index >= 15 is 4.39 Å². The van der Waals surface area contributed by atoms with Gasteiger partial charge in [0.25, 0.3) is 0 Å². The van der Waals surface area contributed by atoms with E-state index in [0.29, 0.717) is 28.3 Å². The van der Waals surface area contributed by atoms with E-state index in [2.05, 4.69) is 9.71 Å². The molecule has 0 saturated carbocycles. The van der Waals surface area contributed by atoms with Crippen molar-refractivity contribution in [2.45, 2.75) is 12.8 Å². The van der Waals surface area contributed by atoms with Crippen LogP contribution in [0.4, 0.5) is 14.5 Å². The van der Waals surface area contributed by atoms with E-state index in [0.717, 1.165) is 17.7 Å². The number of Topliss-reactive ketones (excluding diaryl/α,β-unsaturated/α-hetero) is 1. The van der Waals surface area contributed by atoms with Crippen LogP contribution in [0.5, 0.6) is 0 Å². The van der Waals surface area contributed by atoms with E-state index in [1.807, 2.05) is 0 Å². The van der Waals surface area contributed by atoms with Crippen LogP contribution in [0.1, 0.15) is 28.0 Å². The van der Waals surface area contributed by atoms with Crippen LogP contribution in [0.25, 0.3) is 16.7 Å². The lowest BCUT2D eigenvalue weighted by Crippen LogP contribution is -2.20. The molecule has 182 valence electrons. The van der Waals surface area contributed by atoms with Crippen LogP contribution in [-0.4, -0.2) is 38.7 Å². The number of carbonyl (C=O) groups is 1. The number of halogens is 3. The molecule has 0 spiro atoms. The number of anilines is 1. The Hall–Kier alpha value is -3.14. The third-order valence-electron chi connectivity index (χ3n) is 5.53. The van der Waals surface area contributed by atoms with Crippen LogP contribution in [0.15, 0.2) is 54.7 Å². The standard InChI is InChI=1S/C25H21ClF2N2O4S/c1-34-11-2-12-35(32,33)30-22-10-8-20(27)23(24(22)28)25(31)18-7-9-21-19(18)13-16(14-29-21)15-3-5-17(26)6-4-15/h3-8,10,13-14,30H,2,9,11-12H2,1H3. The number of ketones is 1. The fourth-order valence-electron chi connectivity index (χ4n) is 3.80. The highest BCUT2D eigenvalue weighted by atomic mass is 35.5. The van der Waals surface area contributed by atoms with Gasteiger partial charge in [-0.05, 0) is 42.3 Å². The number of nitrogens with zero attached hydrogens (tertiary/aromatic N) is 1. The van der Waals surface area contributed by atoms with Crippen LogP contribution in [0.2, 0.25) is 5.02 Å². The summed E-state index contributed by atoms with van der Waals surface area (Å²) in [6.07, 6.45) is 3.73. The van der Waals surface area contributed by atoms with Gasteiger partial charge in [-0.3, -0.25) is 14.5 Å². The van der Waals surface area contributed by atoms with Crippen molar-refractivity contribution in [2.75, 3.05) is 24.2 Å². The Morgan fingerprint density at radius 1 is 1.14 bits per heavy atom. The molecular weight excluding hydrogens is 498 g/mol. The van der Waals surface area contributed by atoms with Gasteiger partial charge in [0.2, 0.25) is 10.0 Å². The van der Waals surface area contributed by atoms with Gasteiger partial charge < -0.3 is 4.74 Å². The maximum absolute atomic E-state index is 15.2. The Morgan fingerprint density at radius 3 is 2.60 bits per heavy atom. The number of hydrogen-bond donors (Lipinski definition) is 1. The van der Waals surface area contributed by atoms with Gasteiger partial charge in [0.1, 0.15) is 5.82 Å². The summed E-state index contributed by atoms with van der Waals surface area (Å²) in [5.74, 6) is -3.58. The molecular formula is C25H21ClF2N2O4S. The molecule has 1 aliphatic carbocycles. The second kappa shape index (κ2) is 10.2. The van der Waals surface area contributed by atoms with Gasteiger partial charge in [0, 0.05) is 48.1 Å². The summed E-state index contributed by atoms with van der Waals surface area (Å²) in [6, 6.07) is 10.6. The van der Waals surface area contributed by atoms with Crippen molar-refractivity contribution in [3.8, 4) is 11.1 Å². The summed E-state index contributed by atoms with van der Waals surface area (Å²) in [4.78, 5) is 17.7. The summed E-state index contributed by atoms with van der Waals surface area (Å²) in [5, 5.41) is 0.568. The van der Waals surface area contributed by atoms with Crippen molar-refractivity contribution in [3.05, 3.63) is 88.2 Å². The molecule has 0 bridgehead atoms. The minimum Gasteiger partial charge on any atom is -0.385 e. The van der Waals surface area contributed by atoms with Crippen molar-refractivity contribution < 1.29 is 26.7 Å². The largest absolute Gasteiger partial charge is 0.385 e. The smallest absolute Gasteiger partial charge is 0.232 e. The lowest BCUT2D eigenvalue weighted by Gasteiger charge is -2.13. The fourth-order valence-corrected chi connectivity index (χ4v) is 5.02. The van der Waals surface area contributed by atoms with Gasteiger partial charge in [-0.15, -0.1) is 0 Å². The molecule has 1 heterocycles. The number of pyridine rings is 1. The third-order valence-corrected chi connectivity index (χ3v) is 7.14. The zero-order valence-electron chi connectivity index (χ0n) is 18.6. The number of hydrogen-bond acceptors (Lipinski definition) is 5. The fraction of sp³-hybridized carbons (Fsp3) is 0.200. The quantitative estimate of drug-likeness (QED) is 0.308. The number of ether oxygens (including phenoxy) is 1. The van der Waals surface area contributed by atoms with E-state index < -0.39 is 38.7 Å². The monoisotopic (exact) mass is 518 g/mol. The maximum atomic E-state index is 15.2. The second-order valence-electron chi connectivity index (χ2n) is 7.93. The zero-order chi connectivity index (χ0) is 25.2. The predicted molar refractivity (Wildman–Crippen MR) is 131 cm³/mol. The minimum atomic E-state index is -3.93. The number of allylic oxidation sites excluding steroid dienone is 2. The molecule has 0 atom stereocenters. The molecule has 10 heteroatoms. The number of nitrogens with one attached hydrogen (secondary N) is 1. The topological polar surface area (TPSA) is 85.4 Å². The minimum absolute atomic E-state index is 0.0983. The summed E-state index contributed by atoms with van der Waals surface area (Å²) in [5.41, 5.74) is 1.34. The molecule has 0 fully saturated rings. The Bertz CT molecular complexity index is 1420. The number of aromatic nitrogens is 1. The van der Waals surface area contributed by atoms with E-state index in [1.165, 1.54) is 7.11 Å². The van der Waals surface area contributed by atoms with Crippen LogP contribution in [0.3, 0.4) is 0 Å². The number of methoxy groups -OCH3 is 1. The first-order chi connectivity index (χ1) is 16.7. The molecule has 0 amide bonds. The number of rotatable bonds is 9. The van der Waals surface area contributed by atoms with Gasteiger partial charge in [-0.2, -0.15) is 0 Å². The Morgan fingerprint density at radius 2 is 1.89 bits per heavy atom. The molecule has 0 unspecified atom stereocenters. The van der Waals surface area contributed by atoms with E-state index in [4.69, 9.17) is 16.3 Å². The van der Waals surface area contributed by atoms with Gasteiger partial charge in [0.05, 0.1) is 22.7 Å². The summed E-state index contributed by atoms with van der Waals surface area (Å²) >= 11 is 5.95. The van der Waals surface area contributed by atoms with Gasteiger partial charge in [-0.1, -0.05) is 29.8 Å². The molecule has 4 rings (SSSR count). The molecule has 6 nitrogen and oxygen atoms in total. The highest BCUT2D eigenvalue weighted by Gasteiger charge is 2.29. The number of sulfonamides is 1. The maximum Gasteiger partial charge on any atom is 0.232 e. The first kappa shape index (κ1) is 25.0. The summed E-state index contributed by atoms with van der Waals surface area (Å²) < 4.78 is 61.4. The highest BCUT2D eigenvalue weighted by molar-refractivity contribution is 7.92. The SMILES string of the molecule is COCCCS(=O)(=O)Nc1ccc(F)c(C(=O)C2=CCc3ncc(-c4ccc(Cl)cc4)cc32)c1F. The van der Waals surface area contributed by atoms with Crippen LogP contribution < -0.4 is 4.72 Å². The van der Waals surface area contributed by atoms with Gasteiger partial charge >= 0.3 is 0 Å². The van der Waals surface area contributed by atoms with Crippen molar-refractivity contribution in [2.24, 2.45) is 0 Å². The normalized spacial score (nSPS) is 12.9. The molecule has 0 aliphatic heterocycles. The molecule has 35 heavy (non-hydrogen) atoms. The lowest BCUT2D eigenvalue weighted by molar-refractivity contribution is 0.104. The first-order valence-electron chi connectivity index (χ1n) is 10.7. The van der Waals surface area contributed by atoms with Crippen molar-refractivity contribution in [1.29, 1.82) is 0 Å². The molecule has 3 aromatic rings. The first-order valence-corrected chi connectivity index (χ1v) is 12.7. The van der Waals surface area contributed by atoms with Crippen LogP contribution >= 0.6 is 11.6 Å². The van der Waals surface area contributed by atoms with Gasteiger partial charge in [-0.25, -0.2) is 17.2 Å². The highest BCUT2D eigenvalue weighted by Crippen LogP contribution is 2.34. The predicted octanol–water partition coefficient (Wildman–Crippen LogP) is 5.28. The van der Waals surface area contributed by atoms with Crippen LogP contribution in [-0.2, 0) is 21.2 Å². The number of carbonyl (C=O) groups excluding carboxylic acids is 1. The van der Waals surface area contributed by atoms with Crippen LogP contribution in [0, 0.1) is 11.6 Å². The Labute approximate surface area is 206 Å². The van der Waals surface area contributed by atoms with Crippen molar-refractivity contribution >= 4 is 38.7 Å². The van der Waals surface area contributed by atoms with E-state index in [9.17, 15) is 17.6 Å². The van der Waals surface area contributed by atoms with E-state index in [1.54, 1.807) is 42.6 Å². The third kappa shape index (κ3) is 5.42. The van der Waals surface area contributed by atoms with Crippen molar-refractivity contribution in [3.63, 3.8) is 0 Å². The molecule has 2 aromatic carbocycles.